The third-order valence-electron chi connectivity index (χ3n) is 8.65. The molecule has 0 bridgehead atoms. The molecule has 0 aliphatic heterocycles. The van der Waals surface area contributed by atoms with Gasteiger partial charge in [0.25, 0.3) is 0 Å². The van der Waals surface area contributed by atoms with Gasteiger partial charge in [0, 0.05) is 34.1 Å². The smallest absolute Gasteiger partial charge is 0.376 e. The molecule has 2 atom stereocenters. The van der Waals surface area contributed by atoms with Gasteiger partial charge in [0.2, 0.25) is 11.8 Å². The fourth-order valence-electron chi connectivity index (χ4n) is 4.70. The van der Waals surface area contributed by atoms with E-state index in [1.165, 1.54) is 12.1 Å². The Labute approximate surface area is 318 Å². The number of benzene rings is 2. The summed E-state index contributed by atoms with van der Waals surface area (Å²) >= 11 is 0. The van der Waals surface area contributed by atoms with Crippen molar-refractivity contribution in [3.63, 3.8) is 0 Å². The summed E-state index contributed by atoms with van der Waals surface area (Å²) in [6.07, 6.45) is 9.11. The number of hydrogen-bond acceptors (Lipinski definition) is 2. The number of hydrogen-bond donors (Lipinski definition) is 2. The predicted molar refractivity (Wildman–Crippen MR) is 197 cm³/mol. The Hall–Kier alpha value is -3.49. The molecule has 0 aliphatic carbocycles. The van der Waals surface area contributed by atoms with Gasteiger partial charge in [-0.1, -0.05) is 80.1 Å². The molecule has 51 heavy (non-hydrogen) atoms. The fourth-order valence-corrected chi connectivity index (χ4v) is 4.70. The van der Waals surface area contributed by atoms with Crippen molar-refractivity contribution < 1.29 is 48.9 Å². The summed E-state index contributed by atoms with van der Waals surface area (Å²) in [6.45, 7) is 11.9. The zero-order valence-electron chi connectivity index (χ0n) is 31.0. The number of carbonyl (C=O) groups excluding carboxylic acids is 2. The summed E-state index contributed by atoms with van der Waals surface area (Å²) in [7, 11) is 0. The number of amides is 2. The van der Waals surface area contributed by atoms with Gasteiger partial charge in [-0.25, -0.2) is 41.8 Å². The van der Waals surface area contributed by atoms with Crippen LogP contribution in [0.4, 0.5) is 28.9 Å². The topological polar surface area (TPSA) is 58.2 Å². The first-order valence-electron chi connectivity index (χ1n) is 17.6. The van der Waals surface area contributed by atoms with Crippen molar-refractivity contribution in [3.05, 3.63) is 120 Å². The maximum Gasteiger partial charge on any atom is 4.00 e. The maximum atomic E-state index is 13.5. The molecule has 0 saturated heterocycles. The predicted octanol–water partition coefficient (Wildman–Crippen LogP) is 12.2. The number of rotatable bonds is 14. The van der Waals surface area contributed by atoms with Crippen molar-refractivity contribution in [3.8, 4) is 0 Å². The Morgan fingerprint density at radius 2 is 0.941 bits per heavy atom. The zero-order chi connectivity index (χ0) is 37.4. The van der Waals surface area contributed by atoms with E-state index < -0.39 is 34.1 Å². The van der Waals surface area contributed by atoms with Gasteiger partial charge in [0.15, 0.2) is 0 Å². The van der Waals surface area contributed by atoms with Crippen LogP contribution in [-0.4, -0.2) is 11.8 Å². The van der Waals surface area contributed by atoms with E-state index in [0.717, 1.165) is 63.5 Å². The van der Waals surface area contributed by atoms with Crippen molar-refractivity contribution in [1.82, 2.24) is 0 Å². The molecule has 4 aromatic rings. The fraction of sp³-hybridized carbons (Fsp3) is 0.429. The molecular weight excluding hydrogens is 688 g/mol. The van der Waals surface area contributed by atoms with Crippen molar-refractivity contribution in [2.45, 2.75) is 106 Å². The van der Waals surface area contributed by atoms with Gasteiger partial charge in [-0.3, -0.25) is 9.59 Å². The zero-order valence-corrected chi connectivity index (χ0v) is 32.5. The molecule has 276 valence electrons. The van der Waals surface area contributed by atoms with Crippen LogP contribution in [0.15, 0.2) is 84.9 Å². The van der Waals surface area contributed by atoms with Crippen molar-refractivity contribution in [2.24, 2.45) is 10.8 Å². The maximum absolute atomic E-state index is 13.5. The molecular formula is C42H54F4N2O2Ti. The van der Waals surface area contributed by atoms with Crippen molar-refractivity contribution in [2.75, 3.05) is 10.6 Å². The Kier molecular flexibility index (Phi) is 24.5. The molecule has 0 aliphatic rings. The normalized spacial score (nSPS) is 12.4. The average Bonchev–Trinajstić information content (AvgIpc) is 3.88. The summed E-state index contributed by atoms with van der Waals surface area (Å²) < 4.78 is 52.6. The van der Waals surface area contributed by atoms with Crippen LogP contribution in [0.3, 0.4) is 0 Å². The van der Waals surface area contributed by atoms with Crippen LogP contribution in [0, 0.1) is 46.2 Å². The van der Waals surface area contributed by atoms with Crippen LogP contribution < -0.4 is 10.6 Å². The van der Waals surface area contributed by atoms with Gasteiger partial charge >= 0.3 is 21.7 Å². The summed E-state index contributed by atoms with van der Waals surface area (Å²) in [5.41, 5.74) is -1.11. The average molecular weight is 743 g/mol. The van der Waals surface area contributed by atoms with E-state index in [4.69, 9.17) is 0 Å². The standard InChI is InChI=1S/2C16H22F2NO.2C5H5.Ti/c2*1-4-6-7-10-16(3,5-2)15(20)19-14-9-8-12(17)11-13(14)18;2*1-2-4-5-3-1;/h2*8-9H,4-7,10H2,1-3H3,(H,19,20);2*1-5H;/q4*-1;+4. The first kappa shape index (κ1) is 47.5. The summed E-state index contributed by atoms with van der Waals surface area (Å²) in [4.78, 5) is 24.6. The Balaban J connectivity index is 0.000000754. The van der Waals surface area contributed by atoms with Gasteiger partial charge in [-0.2, -0.15) is 36.4 Å². The molecule has 0 heterocycles. The minimum absolute atomic E-state index is 0. The molecule has 2 amide bonds. The monoisotopic (exact) mass is 742 g/mol. The summed E-state index contributed by atoms with van der Waals surface area (Å²) in [5, 5.41) is 5.09. The van der Waals surface area contributed by atoms with E-state index >= 15 is 0 Å². The van der Waals surface area contributed by atoms with Crippen LogP contribution >= 0.6 is 0 Å². The third-order valence-corrected chi connectivity index (χ3v) is 8.65. The number of nitrogens with one attached hydrogen (secondary N) is 2. The summed E-state index contributed by atoms with van der Waals surface area (Å²) in [5.74, 6) is -3.75. The Bertz CT molecular complexity index is 1330. The van der Waals surface area contributed by atoms with Crippen LogP contribution in [0.5, 0.6) is 0 Å². The molecule has 0 aromatic heterocycles. The number of halogens is 4. The number of unbranched alkanes of at least 4 members (excludes halogenated alkanes) is 4. The van der Waals surface area contributed by atoms with Gasteiger partial charge in [0.05, 0.1) is 0 Å². The first-order valence-corrected chi connectivity index (χ1v) is 17.6. The van der Waals surface area contributed by atoms with Crippen LogP contribution in [0.25, 0.3) is 0 Å². The first-order chi connectivity index (χ1) is 23.8. The number of carbonyl (C=O) groups is 2. The van der Waals surface area contributed by atoms with Gasteiger partial charge < -0.3 is 10.6 Å². The van der Waals surface area contributed by atoms with Gasteiger partial charge in [-0.05, 0) is 37.1 Å². The molecule has 0 saturated carbocycles. The quantitative estimate of drug-likeness (QED) is 0.0585. The summed E-state index contributed by atoms with van der Waals surface area (Å²) in [6, 6.07) is 28.4. The molecule has 0 radical (unpaired) electrons. The number of anilines is 2. The second-order valence-electron chi connectivity index (χ2n) is 12.6. The minimum Gasteiger partial charge on any atom is -0.376 e. The van der Waals surface area contributed by atoms with E-state index in [1.807, 2.05) is 100 Å². The second-order valence-corrected chi connectivity index (χ2v) is 12.6. The SMILES string of the molecule is CCCCCC(C)(CC)C(=O)Nc1ccc(F)[c-]c1F.CCCCCC(C)(CC)C(=O)Nc1ccc(F)[c-]c1F.[Ti+4].c1cc[cH-]c1.c1cc[cH-]c1. The van der Waals surface area contributed by atoms with Gasteiger partial charge in [-0.15, -0.1) is 36.4 Å². The van der Waals surface area contributed by atoms with E-state index in [0.29, 0.717) is 12.8 Å². The molecule has 9 heteroatoms. The van der Waals surface area contributed by atoms with Gasteiger partial charge in [0.1, 0.15) is 0 Å². The molecule has 4 aromatic carbocycles. The molecule has 2 unspecified atom stereocenters. The van der Waals surface area contributed by atoms with E-state index in [9.17, 15) is 27.2 Å². The van der Waals surface area contributed by atoms with Crippen LogP contribution in [0.1, 0.15) is 106 Å². The van der Waals surface area contributed by atoms with Crippen molar-refractivity contribution in [1.29, 1.82) is 0 Å². The van der Waals surface area contributed by atoms with Crippen molar-refractivity contribution >= 4 is 23.2 Å². The Morgan fingerprint density at radius 3 is 1.18 bits per heavy atom. The van der Waals surface area contributed by atoms with E-state index in [-0.39, 0.29) is 44.9 Å². The third kappa shape index (κ3) is 18.5. The van der Waals surface area contributed by atoms with Crippen LogP contribution in [-0.2, 0) is 31.3 Å². The molecule has 4 nitrogen and oxygen atoms in total. The molecule has 2 N–H and O–H groups in total. The van der Waals surface area contributed by atoms with E-state index in [2.05, 4.69) is 24.5 Å². The largest absolute Gasteiger partial charge is 4.00 e. The van der Waals surface area contributed by atoms with Crippen LogP contribution in [0.2, 0.25) is 0 Å². The minimum atomic E-state index is -0.870. The molecule has 0 fully saturated rings. The molecule has 4 rings (SSSR count). The molecule has 0 spiro atoms. The second kappa shape index (κ2) is 26.3. The van der Waals surface area contributed by atoms with E-state index in [1.54, 1.807) is 0 Å². The Morgan fingerprint density at radius 1 is 0.608 bits per heavy atom.